The van der Waals surface area contributed by atoms with Crippen molar-refractivity contribution in [2.45, 2.75) is 103 Å². The van der Waals surface area contributed by atoms with E-state index in [0.717, 1.165) is 100 Å². The number of hydrogen-bond acceptors (Lipinski definition) is 15. The van der Waals surface area contributed by atoms with Crippen LogP contribution in [-0.4, -0.2) is 143 Å². The summed E-state index contributed by atoms with van der Waals surface area (Å²) in [5.74, 6) is 1.70. The Hall–Kier alpha value is -5.03. The number of nitrogens with one attached hydrogen (secondary N) is 1. The van der Waals surface area contributed by atoms with E-state index in [2.05, 4.69) is 94.0 Å². The Labute approximate surface area is 539 Å². The van der Waals surface area contributed by atoms with E-state index in [4.69, 9.17) is 32.5 Å². The zero-order valence-electron chi connectivity index (χ0n) is 50.8. The summed E-state index contributed by atoms with van der Waals surface area (Å²) in [6.07, 6.45) is 6.50. The van der Waals surface area contributed by atoms with Gasteiger partial charge in [0, 0.05) is 96.3 Å². The molecule has 1 N–H and O–H groups in total. The number of furan rings is 1. The molecule has 4 aromatic carbocycles. The number of carbonyl (C=O) groups is 2. The SMILES string of the molecule is CCCCc1oc2ccccc2c1C(=O)c1cc(I)c(OCCN(CC)C(=O)CCOCCOCCOCCOCCNS(=O)(=O)c2ccc(S(=O)(=O)[O-])c(-c3c4ccc(=[N+](CCC)CCC)cc-4oc4cc(N(CCC)CCC)ccc34)c2)c(I)c1. The average molecular weight is 1460 g/mol. The number of para-hydroxylation sites is 1. The molecule has 0 atom stereocenters. The number of halogens is 2. The molecule has 0 saturated carbocycles. The van der Waals surface area contributed by atoms with Crippen molar-refractivity contribution in [3.63, 3.8) is 0 Å². The standard InChI is InChI=1S/C65H82I2N4O14S2/c1-7-13-17-57-63(50-16-14-15-18-56(50)84-57)64(73)46-41-54(66)65(55(67)42-46)83-34-31-69(12-6)61(72)25-32-79-35-37-81-39-40-82-38-36-80-33-26-68-86(74,75)49-21-24-60(87(76,77)78)53(45-49)62-51-22-19-47(70(27-8-2)28-9-3)43-58(51)85-59-44-48(20-23-52(59)62)71(29-10-4)30-11-5/h14-16,18-24,41-45,68H,7-13,17,25-40H2,1-6H3. The van der Waals surface area contributed by atoms with Crippen LogP contribution in [0.5, 0.6) is 5.75 Å². The van der Waals surface area contributed by atoms with Crippen LogP contribution in [0, 0.1) is 7.14 Å². The first-order valence-corrected chi connectivity index (χ1v) is 35.2. The lowest BCUT2D eigenvalue weighted by atomic mass is 9.93. The molecule has 1 aliphatic carbocycles. The maximum Gasteiger partial charge on any atom is 0.240 e. The van der Waals surface area contributed by atoms with Crippen LogP contribution in [0.2, 0.25) is 0 Å². The van der Waals surface area contributed by atoms with E-state index in [1.807, 2.05) is 79.7 Å². The van der Waals surface area contributed by atoms with E-state index in [1.165, 1.54) is 6.07 Å². The molecule has 0 unspecified atom stereocenters. The van der Waals surface area contributed by atoms with Crippen LogP contribution in [0.25, 0.3) is 44.4 Å². The molecule has 0 spiro atoms. The number of rotatable bonds is 38. The summed E-state index contributed by atoms with van der Waals surface area (Å²) in [5, 5.41) is 2.26. The van der Waals surface area contributed by atoms with E-state index in [0.29, 0.717) is 95.4 Å². The van der Waals surface area contributed by atoms with Gasteiger partial charge in [-0.2, -0.15) is 0 Å². The maximum atomic E-state index is 14.0. The molecule has 472 valence electrons. The molecule has 22 heteroatoms. The first-order chi connectivity index (χ1) is 42.0. The van der Waals surface area contributed by atoms with Gasteiger partial charge in [0.05, 0.1) is 94.4 Å². The predicted octanol–water partition coefficient (Wildman–Crippen LogP) is 11.5. The number of nitrogens with zero attached hydrogens (tertiary/aromatic N) is 3. The van der Waals surface area contributed by atoms with Crippen molar-refractivity contribution in [1.82, 2.24) is 14.2 Å². The predicted molar refractivity (Wildman–Crippen MR) is 356 cm³/mol. The minimum Gasteiger partial charge on any atom is -0.744 e. The summed E-state index contributed by atoms with van der Waals surface area (Å²) in [7, 11) is -9.33. The molecule has 1 aliphatic heterocycles. The second-order valence-corrected chi connectivity index (χ2v) is 26.4. The number of ketones is 1. The molecular formula is C65H82I2N4O14S2. The fraction of sp³-hybridized carbons (Fsp3) is 0.462. The van der Waals surface area contributed by atoms with Crippen LogP contribution in [0.15, 0.2) is 110 Å². The van der Waals surface area contributed by atoms with Crippen molar-refractivity contribution in [2.24, 2.45) is 0 Å². The Morgan fingerprint density at radius 1 is 0.644 bits per heavy atom. The van der Waals surface area contributed by atoms with Crippen molar-refractivity contribution in [1.29, 1.82) is 0 Å². The summed E-state index contributed by atoms with van der Waals surface area (Å²) in [6, 6.07) is 26.2. The Morgan fingerprint density at radius 3 is 1.93 bits per heavy atom. The molecule has 0 saturated heterocycles. The Balaban J connectivity index is 0.833. The Kier molecular flexibility index (Phi) is 27.3. The third-order valence-corrected chi connectivity index (χ3v) is 18.5. The fourth-order valence-corrected chi connectivity index (χ4v) is 14.2. The van der Waals surface area contributed by atoms with Gasteiger partial charge in [0.1, 0.15) is 58.3 Å². The van der Waals surface area contributed by atoms with Crippen molar-refractivity contribution in [3.05, 3.63) is 120 Å². The molecule has 87 heavy (non-hydrogen) atoms. The lowest BCUT2D eigenvalue weighted by Crippen LogP contribution is -2.35. The molecule has 2 aliphatic rings. The maximum absolute atomic E-state index is 14.0. The first-order valence-electron chi connectivity index (χ1n) is 30.2. The molecule has 7 rings (SSSR count). The Bertz CT molecular complexity index is 3660. The molecule has 0 bridgehead atoms. The number of aryl methyl sites for hydroxylation is 1. The highest BCUT2D eigenvalue weighted by Crippen LogP contribution is 2.44. The lowest BCUT2D eigenvalue weighted by Gasteiger charge is -2.25. The van der Waals surface area contributed by atoms with E-state index in [9.17, 15) is 31.0 Å². The molecule has 5 aromatic rings. The van der Waals surface area contributed by atoms with Gasteiger partial charge < -0.3 is 46.9 Å². The number of benzene rings is 5. The van der Waals surface area contributed by atoms with Crippen LogP contribution in [0.4, 0.5) is 5.69 Å². The third kappa shape index (κ3) is 18.8. The summed E-state index contributed by atoms with van der Waals surface area (Å²) in [6.45, 7) is 18.7. The third-order valence-electron chi connectivity index (χ3n) is 14.6. The number of ether oxygens (including phenoxy) is 5. The zero-order chi connectivity index (χ0) is 62.5. The lowest BCUT2D eigenvalue weighted by molar-refractivity contribution is -0.132. The first kappa shape index (κ1) is 69.4. The smallest absolute Gasteiger partial charge is 0.240 e. The summed E-state index contributed by atoms with van der Waals surface area (Å²) >= 11 is 4.38. The highest BCUT2D eigenvalue weighted by molar-refractivity contribution is 14.1. The second kappa shape index (κ2) is 34.2. The molecule has 1 amide bonds. The second-order valence-electron chi connectivity index (χ2n) is 20.9. The quantitative estimate of drug-likeness (QED) is 0.00950. The molecular weight excluding hydrogens is 1380 g/mol. The van der Waals surface area contributed by atoms with E-state index >= 15 is 0 Å². The minimum absolute atomic E-state index is 0.0206. The summed E-state index contributed by atoms with van der Waals surface area (Å²) in [5.41, 5.74) is 4.11. The number of unbranched alkanes of at least 4 members (excludes halogenated alkanes) is 1. The largest absolute Gasteiger partial charge is 0.744 e. The van der Waals surface area contributed by atoms with Crippen molar-refractivity contribution in [3.8, 4) is 28.2 Å². The highest BCUT2D eigenvalue weighted by atomic mass is 127. The van der Waals surface area contributed by atoms with E-state index in [1.54, 1.807) is 4.90 Å². The van der Waals surface area contributed by atoms with Gasteiger partial charge in [0.15, 0.2) is 5.78 Å². The number of likely N-dealkylation sites (N-methyl/N-ethyl adjacent to an activating group) is 1. The highest BCUT2D eigenvalue weighted by Gasteiger charge is 2.27. The molecule has 0 radical (unpaired) electrons. The van der Waals surface area contributed by atoms with Crippen LogP contribution in [0.3, 0.4) is 0 Å². The Morgan fingerprint density at radius 2 is 1.30 bits per heavy atom. The summed E-state index contributed by atoms with van der Waals surface area (Å²) < 4.78 is 115. The number of anilines is 1. The van der Waals surface area contributed by atoms with Gasteiger partial charge in [-0.3, -0.25) is 9.59 Å². The summed E-state index contributed by atoms with van der Waals surface area (Å²) in [4.78, 5) is 30.2. The zero-order valence-corrected chi connectivity index (χ0v) is 56.7. The van der Waals surface area contributed by atoms with E-state index < -0.39 is 25.0 Å². The van der Waals surface area contributed by atoms with Crippen LogP contribution < -0.4 is 24.3 Å². The van der Waals surface area contributed by atoms with Crippen molar-refractivity contribution >= 4 is 105 Å². The van der Waals surface area contributed by atoms with E-state index in [-0.39, 0.29) is 74.8 Å². The molecule has 0 fully saturated rings. The normalized spacial score (nSPS) is 12.0. The minimum atomic E-state index is -5.10. The fourth-order valence-electron chi connectivity index (χ4n) is 10.4. The van der Waals surface area contributed by atoms with Gasteiger partial charge in [-0.1, -0.05) is 59.2 Å². The number of hydrogen-bond donors (Lipinski definition) is 1. The van der Waals surface area contributed by atoms with Crippen LogP contribution in [-0.2, 0) is 50.3 Å². The number of sulfonamides is 1. The monoisotopic (exact) mass is 1460 g/mol. The number of carbonyl (C=O) groups excluding carboxylic acids is 2. The van der Waals surface area contributed by atoms with Gasteiger partial charge in [0.25, 0.3) is 0 Å². The number of amides is 1. The van der Waals surface area contributed by atoms with Gasteiger partial charge in [-0.15, -0.1) is 0 Å². The molecule has 18 nitrogen and oxygen atoms in total. The van der Waals surface area contributed by atoms with Crippen LogP contribution >= 0.6 is 45.2 Å². The topological polar surface area (TPSA) is 219 Å². The van der Waals surface area contributed by atoms with Gasteiger partial charge in [0.2, 0.25) is 21.3 Å². The van der Waals surface area contributed by atoms with Crippen molar-refractivity contribution < 1.29 is 63.5 Å². The van der Waals surface area contributed by atoms with Gasteiger partial charge in [-0.05, 0) is 126 Å². The van der Waals surface area contributed by atoms with Gasteiger partial charge >= 0.3 is 0 Å². The molecule has 2 heterocycles. The molecule has 1 aromatic heterocycles. The van der Waals surface area contributed by atoms with Crippen molar-refractivity contribution in [2.75, 3.05) is 110 Å². The number of fused-ring (bicyclic) bond motifs is 3. The van der Waals surface area contributed by atoms with Crippen LogP contribution in [0.1, 0.15) is 108 Å². The average Bonchev–Trinajstić information content (AvgIpc) is 1.06. The van der Waals surface area contributed by atoms with Gasteiger partial charge in [-0.25, -0.2) is 26.1 Å².